The molecule has 0 N–H and O–H groups in total. The van der Waals surface area contributed by atoms with Crippen molar-refractivity contribution in [3.8, 4) is 33.4 Å². The van der Waals surface area contributed by atoms with Gasteiger partial charge in [0, 0.05) is 33.1 Å². The molecule has 0 aromatic heterocycles. The van der Waals surface area contributed by atoms with Gasteiger partial charge in [0.05, 0.1) is 11.4 Å². The summed E-state index contributed by atoms with van der Waals surface area (Å²) in [5.74, 6) is 3.34. The molecule has 1 heteroatoms. The lowest BCUT2D eigenvalue weighted by Gasteiger charge is -2.61. The van der Waals surface area contributed by atoms with Gasteiger partial charge < -0.3 is 4.90 Å². The van der Waals surface area contributed by atoms with E-state index >= 15 is 0 Å². The van der Waals surface area contributed by atoms with Crippen LogP contribution >= 0.6 is 0 Å². The van der Waals surface area contributed by atoms with E-state index in [0.717, 1.165) is 23.7 Å². The second-order valence-electron chi connectivity index (χ2n) is 19.2. The summed E-state index contributed by atoms with van der Waals surface area (Å²) in [6.07, 6.45) is 12.2. The Labute approximate surface area is 326 Å². The number of nitrogens with zero attached hydrogens (tertiary/aromatic N) is 1. The average molecular weight is 712 g/mol. The third kappa shape index (κ3) is 3.77. The van der Waals surface area contributed by atoms with Gasteiger partial charge in [-0.25, -0.2) is 0 Å². The molecule has 0 aliphatic heterocycles. The van der Waals surface area contributed by atoms with Gasteiger partial charge in [0.15, 0.2) is 0 Å². The minimum atomic E-state index is -0.0319. The van der Waals surface area contributed by atoms with Crippen LogP contribution in [0.3, 0.4) is 0 Å². The third-order valence-corrected chi connectivity index (χ3v) is 16.6. The second-order valence-corrected chi connectivity index (χ2v) is 19.2. The highest BCUT2D eigenvalue weighted by Crippen LogP contribution is 2.71. The van der Waals surface area contributed by atoms with Crippen LogP contribution in [0, 0.1) is 23.7 Å². The van der Waals surface area contributed by atoms with Crippen LogP contribution in [0.5, 0.6) is 0 Å². The molecule has 14 rings (SSSR count). The minimum absolute atomic E-state index is 0.0319. The Hall–Kier alpha value is -4.88. The monoisotopic (exact) mass is 711 g/mol. The Morgan fingerprint density at radius 3 is 1.67 bits per heavy atom. The molecule has 2 spiro atoms. The second kappa shape index (κ2) is 10.7. The van der Waals surface area contributed by atoms with Gasteiger partial charge in [-0.15, -0.1) is 0 Å². The molecule has 55 heavy (non-hydrogen) atoms. The number of benzene rings is 6. The number of fused-ring (bicyclic) bond motifs is 11. The summed E-state index contributed by atoms with van der Waals surface area (Å²) < 4.78 is 0. The predicted octanol–water partition coefficient (Wildman–Crippen LogP) is 14.0. The van der Waals surface area contributed by atoms with E-state index in [4.69, 9.17) is 0 Å². The fourth-order valence-corrected chi connectivity index (χ4v) is 14.8. The molecule has 8 aliphatic rings. The number of anilines is 3. The van der Waals surface area contributed by atoms with Gasteiger partial charge in [-0.05, 0) is 149 Å². The lowest BCUT2D eigenvalue weighted by atomic mass is 9.43. The molecule has 1 nitrogen and oxygen atoms in total. The van der Waals surface area contributed by atoms with Crippen molar-refractivity contribution in [1.82, 2.24) is 0 Å². The summed E-state index contributed by atoms with van der Waals surface area (Å²) in [5, 5.41) is 0. The first-order chi connectivity index (χ1) is 27.0. The fraction of sp³-hybridized carbons (Fsp3) is 0.333. The summed E-state index contributed by atoms with van der Waals surface area (Å²) in [7, 11) is 0. The van der Waals surface area contributed by atoms with E-state index < -0.39 is 0 Å². The van der Waals surface area contributed by atoms with Crippen LogP contribution in [-0.4, -0.2) is 0 Å². The number of hydrogen-bond donors (Lipinski definition) is 0. The van der Waals surface area contributed by atoms with Crippen molar-refractivity contribution in [3.63, 3.8) is 0 Å². The van der Waals surface area contributed by atoms with E-state index in [0.29, 0.717) is 0 Å². The minimum Gasteiger partial charge on any atom is -0.309 e. The Bertz CT molecular complexity index is 2590. The fourth-order valence-electron chi connectivity index (χ4n) is 14.8. The van der Waals surface area contributed by atoms with Crippen LogP contribution in [0.2, 0.25) is 0 Å². The zero-order valence-electron chi connectivity index (χ0n) is 32.2. The summed E-state index contributed by atoms with van der Waals surface area (Å²) in [4.78, 5) is 2.72. The maximum absolute atomic E-state index is 2.72. The van der Waals surface area contributed by atoms with Crippen LogP contribution in [0.15, 0.2) is 127 Å². The van der Waals surface area contributed by atoms with Gasteiger partial charge >= 0.3 is 0 Å². The summed E-state index contributed by atoms with van der Waals surface area (Å²) in [5.41, 5.74) is 22.0. The van der Waals surface area contributed by atoms with Gasteiger partial charge in [0.25, 0.3) is 0 Å². The highest BCUT2D eigenvalue weighted by Gasteiger charge is 2.62. The van der Waals surface area contributed by atoms with E-state index in [9.17, 15) is 0 Å². The normalized spacial score (nSPS) is 27.2. The van der Waals surface area contributed by atoms with Crippen LogP contribution in [-0.2, 0) is 16.2 Å². The largest absolute Gasteiger partial charge is 0.309 e. The van der Waals surface area contributed by atoms with Crippen molar-refractivity contribution >= 4 is 17.1 Å². The quantitative estimate of drug-likeness (QED) is 0.177. The summed E-state index contributed by atoms with van der Waals surface area (Å²) in [6, 6.07) is 50.5. The van der Waals surface area contributed by atoms with Crippen molar-refractivity contribution in [1.29, 1.82) is 0 Å². The molecule has 0 atom stereocenters. The van der Waals surface area contributed by atoms with Gasteiger partial charge in [0.2, 0.25) is 0 Å². The van der Waals surface area contributed by atoms with Crippen LogP contribution in [0.25, 0.3) is 33.4 Å². The highest BCUT2D eigenvalue weighted by molar-refractivity contribution is 6.01. The maximum Gasteiger partial charge on any atom is 0.0543 e. The van der Waals surface area contributed by atoms with Crippen molar-refractivity contribution in [3.05, 3.63) is 161 Å². The molecule has 6 aromatic carbocycles. The SMILES string of the molecule is CC1(C)c2ccccc2-c2cc(N(c3cccc4c3-c3ccccc3C43CCCC3)c3cccc4c3-c3ccccc3C43C4CC5CC(C4)CC3C5)ccc21. The molecule has 0 amide bonds. The first kappa shape index (κ1) is 31.3. The van der Waals surface area contributed by atoms with Gasteiger partial charge in [-0.1, -0.05) is 130 Å². The Kier molecular flexibility index (Phi) is 6.09. The van der Waals surface area contributed by atoms with Crippen molar-refractivity contribution in [2.45, 2.75) is 87.9 Å². The average Bonchev–Trinajstić information content (AvgIpc) is 3.95. The smallest absolute Gasteiger partial charge is 0.0543 e. The van der Waals surface area contributed by atoms with Crippen molar-refractivity contribution < 1.29 is 0 Å². The van der Waals surface area contributed by atoms with Crippen LogP contribution in [0.4, 0.5) is 17.1 Å². The van der Waals surface area contributed by atoms with Crippen molar-refractivity contribution in [2.75, 3.05) is 4.90 Å². The van der Waals surface area contributed by atoms with Gasteiger partial charge in [0.1, 0.15) is 0 Å². The molecule has 0 unspecified atom stereocenters. The molecule has 0 saturated heterocycles. The van der Waals surface area contributed by atoms with E-state index in [1.165, 1.54) is 119 Å². The Morgan fingerprint density at radius 2 is 0.982 bits per heavy atom. The highest BCUT2D eigenvalue weighted by atomic mass is 15.1. The molecule has 8 aliphatic carbocycles. The van der Waals surface area contributed by atoms with Gasteiger partial charge in [-0.2, -0.15) is 0 Å². The molecule has 0 radical (unpaired) electrons. The molecule has 5 fully saturated rings. The molecule has 5 saturated carbocycles. The standard InChI is InChI=1S/C54H49N/c1-52(2)42-16-6-3-13-38(42)41-32-37(23-24-43(41)52)55(48-21-11-19-46-50(48)39-14-4-7-17-44(39)53(46)25-9-10-26-53)49-22-12-20-47-51(49)40-15-5-8-18-45(40)54(47)35-28-33-27-34(30-35)31-36(54)29-33/h3-8,11-24,32-36H,9-10,25-31H2,1-2H3. The lowest BCUT2D eigenvalue weighted by molar-refractivity contribution is -0.0399. The van der Waals surface area contributed by atoms with Crippen LogP contribution < -0.4 is 4.90 Å². The number of hydrogen-bond acceptors (Lipinski definition) is 1. The zero-order valence-corrected chi connectivity index (χ0v) is 32.2. The van der Waals surface area contributed by atoms with Gasteiger partial charge in [-0.3, -0.25) is 0 Å². The van der Waals surface area contributed by atoms with Crippen molar-refractivity contribution in [2.24, 2.45) is 23.7 Å². The molecule has 270 valence electrons. The zero-order chi connectivity index (χ0) is 36.3. The first-order valence-electron chi connectivity index (χ1n) is 21.5. The number of rotatable bonds is 3. The topological polar surface area (TPSA) is 3.24 Å². The maximum atomic E-state index is 2.72. The van der Waals surface area contributed by atoms with E-state index in [1.807, 2.05) is 0 Å². The molecule has 0 heterocycles. The third-order valence-electron chi connectivity index (χ3n) is 16.6. The molecule has 6 aromatic rings. The Balaban J connectivity index is 1.11. The predicted molar refractivity (Wildman–Crippen MR) is 227 cm³/mol. The lowest BCUT2D eigenvalue weighted by Crippen LogP contribution is -2.55. The summed E-state index contributed by atoms with van der Waals surface area (Å²) >= 11 is 0. The summed E-state index contributed by atoms with van der Waals surface area (Å²) in [6.45, 7) is 4.81. The molecular formula is C54H49N. The Morgan fingerprint density at radius 1 is 0.455 bits per heavy atom. The first-order valence-corrected chi connectivity index (χ1v) is 21.5. The van der Waals surface area contributed by atoms with E-state index in [2.05, 4.69) is 146 Å². The molecular weight excluding hydrogens is 663 g/mol. The van der Waals surface area contributed by atoms with Crippen LogP contribution in [0.1, 0.15) is 105 Å². The van der Waals surface area contributed by atoms with E-state index in [-0.39, 0.29) is 16.2 Å². The molecule has 4 bridgehead atoms. The van der Waals surface area contributed by atoms with E-state index in [1.54, 1.807) is 22.3 Å².